The van der Waals surface area contributed by atoms with Crippen LogP contribution in [0.3, 0.4) is 0 Å². The minimum Gasteiger partial charge on any atom is -0.497 e. The Labute approximate surface area is 136 Å². The fourth-order valence-corrected chi connectivity index (χ4v) is 2.32. The number of amides is 1. The number of aryl methyl sites for hydroxylation is 1. The second-order valence-electron chi connectivity index (χ2n) is 5.46. The molecule has 4 heteroatoms. The number of carbonyl (C=O) groups excluding carboxylic acids is 1. The highest BCUT2D eigenvalue weighted by Gasteiger charge is 2.03. The summed E-state index contributed by atoms with van der Waals surface area (Å²) in [5, 5.41) is 2.90. The largest absolute Gasteiger partial charge is 0.497 e. The van der Waals surface area contributed by atoms with Crippen LogP contribution < -0.4 is 10.1 Å². The molecule has 0 aliphatic rings. The number of ether oxygens (including phenoxy) is 1. The smallest absolute Gasteiger partial charge is 0.224 e. The number of hydrogen-bond acceptors (Lipinski definition) is 2. The Morgan fingerprint density at radius 2 is 1.65 bits per heavy atom. The molecule has 0 bridgehead atoms. The number of rotatable bonds is 8. The molecule has 3 nitrogen and oxygen atoms in total. The van der Waals surface area contributed by atoms with E-state index in [1.54, 1.807) is 19.2 Å². The van der Waals surface area contributed by atoms with Gasteiger partial charge >= 0.3 is 0 Å². The Balaban J connectivity index is 1.61. The van der Waals surface area contributed by atoms with Crippen LogP contribution in [0.4, 0.5) is 4.39 Å². The van der Waals surface area contributed by atoms with Crippen molar-refractivity contribution in [1.82, 2.24) is 5.32 Å². The third-order valence-electron chi connectivity index (χ3n) is 3.65. The van der Waals surface area contributed by atoms with E-state index in [1.165, 1.54) is 17.7 Å². The highest BCUT2D eigenvalue weighted by atomic mass is 19.1. The van der Waals surface area contributed by atoms with Gasteiger partial charge in [-0.3, -0.25) is 4.79 Å². The van der Waals surface area contributed by atoms with Crippen molar-refractivity contribution in [2.75, 3.05) is 13.7 Å². The maximum Gasteiger partial charge on any atom is 0.224 e. The number of benzene rings is 2. The summed E-state index contributed by atoms with van der Waals surface area (Å²) in [7, 11) is 1.66. The average molecular weight is 315 g/mol. The lowest BCUT2D eigenvalue weighted by atomic mass is 10.1. The van der Waals surface area contributed by atoms with Crippen molar-refractivity contribution in [1.29, 1.82) is 0 Å². The van der Waals surface area contributed by atoms with Gasteiger partial charge in [0, 0.05) is 6.54 Å². The molecule has 0 unspecified atom stereocenters. The zero-order valence-corrected chi connectivity index (χ0v) is 13.3. The minimum atomic E-state index is -0.285. The summed E-state index contributed by atoms with van der Waals surface area (Å²) < 4.78 is 17.9. The lowest BCUT2D eigenvalue weighted by Crippen LogP contribution is -2.26. The summed E-state index contributed by atoms with van der Waals surface area (Å²) in [6, 6.07) is 14.1. The number of hydrogen-bond donors (Lipinski definition) is 1. The molecule has 122 valence electrons. The van der Waals surface area contributed by atoms with Crippen molar-refractivity contribution >= 4 is 5.91 Å². The van der Waals surface area contributed by atoms with Crippen molar-refractivity contribution in [3.63, 3.8) is 0 Å². The van der Waals surface area contributed by atoms with Crippen LogP contribution in [0.15, 0.2) is 48.5 Å². The van der Waals surface area contributed by atoms with Gasteiger partial charge < -0.3 is 10.1 Å². The van der Waals surface area contributed by atoms with E-state index in [0.717, 1.165) is 30.6 Å². The van der Waals surface area contributed by atoms with Crippen LogP contribution in [0.1, 0.15) is 24.0 Å². The molecule has 1 N–H and O–H groups in total. The Morgan fingerprint density at radius 3 is 2.30 bits per heavy atom. The number of nitrogens with one attached hydrogen (secondary N) is 1. The van der Waals surface area contributed by atoms with E-state index < -0.39 is 0 Å². The van der Waals surface area contributed by atoms with E-state index >= 15 is 0 Å². The maximum absolute atomic E-state index is 12.8. The standard InChI is InChI=1S/C19H22FNO2/c1-23-18-11-7-15(8-12-18)4-2-3-13-21-19(22)14-16-5-9-17(20)10-6-16/h5-12H,2-4,13-14H2,1H3,(H,21,22). The Kier molecular flexibility index (Phi) is 6.60. The molecule has 0 fully saturated rings. The normalized spacial score (nSPS) is 10.3. The average Bonchev–Trinajstić information content (AvgIpc) is 2.57. The molecular formula is C19H22FNO2. The number of methoxy groups -OCH3 is 1. The number of halogens is 1. The maximum atomic E-state index is 12.8. The summed E-state index contributed by atoms with van der Waals surface area (Å²) in [4.78, 5) is 11.8. The van der Waals surface area contributed by atoms with E-state index in [1.807, 2.05) is 12.1 Å². The lowest BCUT2D eigenvalue weighted by molar-refractivity contribution is -0.120. The molecule has 0 radical (unpaired) electrons. The molecule has 2 aromatic rings. The zero-order chi connectivity index (χ0) is 16.5. The highest BCUT2D eigenvalue weighted by Crippen LogP contribution is 2.13. The highest BCUT2D eigenvalue weighted by molar-refractivity contribution is 5.78. The summed E-state index contributed by atoms with van der Waals surface area (Å²) in [5.41, 5.74) is 2.09. The van der Waals surface area contributed by atoms with E-state index in [0.29, 0.717) is 13.0 Å². The Hall–Kier alpha value is -2.36. The minimum absolute atomic E-state index is 0.0268. The van der Waals surface area contributed by atoms with Gasteiger partial charge in [0.25, 0.3) is 0 Å². The Bertz CT molecular complexity index is 608. The summed E-state index contributed by atoms with van der Waals surface area (Å²) >= 11 is 0. The monoisotopic (exact) mass is 315 g/mol. The first-order chi connectivity index (χ1) is 11.2. The Morgan fingerprint density at radius 1 is 1.00 bits per heavy atom. The quantitative estimate of drug-likeness (QED) is 0.757. The molecule has 23 heavy (non-hydrogen) atoms. The van der Waals surface area contributed by atoms with Gasteiger partial charge in [-0.05, 0) is 54.7 Å². The zero-order valence-electron chi connectivity index (χ0n) is 13.3. The molecule has 0 atom stereocenters. The topological polar surface area (TPSA) is 38.3 Å². The molecule has 0 heterocycles. The van der Waals surface area contributed by atoms with Crippen molar-refractivity contribution in [2.24, 2.45) is 0 Å². The third kappa shape index (κ3) is 6.10. The van der Waals surface area contributed by atoms with Crippen molar-refractivity contribution in [2.45, 2.75) is 25.7 Å². The van der Waals surface area contributed by atoms with E-state index in [9.17, 15) is 9.18 Å². The summed E-state index contributed by atoms with van der Waals surface area (Å²) in [5.74, 6) is 0.551. The molecule has 0 saturated heterocycles. The predicted octanol–water partition coefficient (Wildman–Crippen LogP) is 3.52. The SMILES string of the molecule is COc1ccc(CCCCNC(=O)Cc2ccc(F)cc2)cc1. The van der Waals surface area contributed by atoms with Crippen LogP contribution in [0.2, 0.25) is 0 Å². The second-order valence-corrected chi connectivity index (χ2v) is 5.46. The van der Waals surface area contributed by atoms with Crippen LogP contribution in [-0.2, 0) is 17.6 Å². The molecular weight excluding hydrogens is 293 g/mol. The van der Waals surface area contributed by atoms with Crippen molar-refractivity contribution < 1.29 is 13.9 Å². The molecule has 0 aliphatic carbocycles. The van der Waals surface area contributed by atoms with E-state index in [-0.39, 0.29) is 11.7 Å². The van der Waals surface area contributed by atoms with Gasteiger partial charge in [0.15, 0.2) is 0 Å². The van der Waals surface area contributed by atoms with Gasteiger partial charge in [-0.2, -0.15) is 0 Å². The number of unbranched alkanes of at least 4 members (excludes halogenated alkanes) is 1. The van der Waals surface area contributed by atoms with Crippen LogP contribution in [0.25, 0.3) is 0 Å². The van der Waals surface area contributed by atoms with Crippen LogP contribution in [0, 0.1) is 5.82 Å². The molecule has 1 amide bonds. The van der Waals surface area contributed by atoms with Gasteiger partial charge in [0.2, 0.25) is 5.91 Å². The van der Waals surface area contributed by atoms with Crippen LogP contribution in [0.5, 0.6) is 5.75 Å². The van der Waals surface area contributed by atoms with Gasteiger partial charge in [-0.15, -0.1) is 0 Å². The molecule has 0 aromatic heterocycles. The third-order valence-corrected chi connectivity index (χ3v) is 3.65. The van der Waals surface area contributed by atoms with Gasteiger partial charge in [0.05, 0.1) is 13.5 Å². The van der Waals surface area contributed by atoms with E-state index in [4.69, 9.17) is 4.74 Å². The molecule has 2 aromatic carbocycles. The predicted molar refractivity (Wildman–Crippen MR) is 89.0 cm³/mol. The van der Waals surface area contributed by atoms with E-state index in [2.05, 4.69) is 17.4 Å². The fourth-order valence-electron chi connectivity index (χ4n) is 2.32. The van der Waals surface area contributed by atoms with Crippen LogP contribution in [-0.4, -0.2) is 19.6 Å². The second kappa shape index (κ2) is 8.93. The molecule has 0 saturated carbocycles. The number of carbonyl (C=O) groups is 1. The molecule has 0 aliphatic heterocycles. The first-order valence-corrected chi connectivity index (χ1v) is 7.81. The fraction of sp³-hybridized carbons (Fsp3) is 0.316. The van der Waals surface area contributed by atoms with Gasteiger partial charge in [0.1, 0.15) is 11.6 Å². The molecule has 0 spiro atoms. The van der Waals surface area contributed by atoms with Crippen molar-refractivity contribution in [3.8, 4) is 5.75 Å². The lowest BCUT2D eigenvalue weighted by Gasteiger charge is -2.06. The molecule has 2 rings (SSSR count). The first-order valence-electron chi connectivity index (χ1n) is 7.81. The van der Waals surface area contributed by atoms with Crippen molar-refractivity contribution in [3.05, 3.63) is 65.5 Å². The first kappa shape index (κ1) is 17.0. The van der Waals surface area contributed by atoms with Gasteiger partial charge in [-0.1, -0.05) is 24.3 Å². The van der Waals surface area contributed by atoms with Gasteiger partial charge in [-0.25, -0.2) is 4.39 Å². The summed E-state index contributed by atoms with van der Waals surface area (Å²) in [6.07, 6.45) is 3.22. The summed E-state index contributed by atoms with van der Waals surface area (Å²) in [6.45, 7) is 0.663. The van der Waals surface area contributed by atoms with Crippen LogP contribution >= 0.6 is 0 Å².